The fourth-order valence-corrected chi connectivity index (χ4v) is 2.67. The van der Waals surface area contributed by atoms with Crippen LogP contribution < -0.4 is 10.2 Å². The smallest absolute Gasteiger partial charge is 0.128 e. The number of nitriles is 1. The average molecular weight is 329 g/mol. The lowest BCUT2D eigenvalue weighted by Crippen LogP contribution is -2.36. The lowest BCUT2D eigenvalue weighted by Gasteiger charge is -2.28. The molecule has 0 atom stereocenters. The number of nitrogens with zero attached hydrogens (tertiary/aromatic N) is 3. The topological polar surface area (TPSA) is 61.2 Å². The molecule has 1 aromatic carbocycles. The van der Waals surface area contributed by atoms with Gasteiger partial charge in [0, 0.05) is 30.9 Å². The summed E-state index contributed by atoms with van der Waals surface area (Å²) in [6.45, 7) is 3.82. The molecule has 1 saturated heterocycles. The fraction of sp³-hybridized carbons (Fsp3) is 0.294. The first-order valence-electron chi connectivity index (χ1n) is 7.47. The van der Waals surface area contributed by atoms with Crippen LogP contribution in [0.4, 0.5) is 11.5 Å². The third-order valence-electron chi connectivity index (χ3n) is 3.73. The lowest BCUT2D eigenvalue weighted by atomic mass is 10.2. The maximum Gasteiger partial charge on any atom is 0.128 e. The number of hydrogen-bond acceptors (Lipinski definition) is 5. The van der Waals surface area contributed by atoms with Crippen molar-refractivity contribution in [3.8, 4) is 6.07 Å². The third-order valence-corrected chi connectivity index (χ3v) is 3.97. The SMILES string of the molecule is N#Cc1cc(Cl)ccc1NCc1ccnc(N2CCOCC2)c1. The van der Waals surface area contributed by atoms with Gasteiger partial charge >= 0.3 is 0 Å². The van der Waals surface area contributed by atoms with Gasteiger partial charge in [0.2, 0.25) is 0 Å². The van der Waals surface area contributed by atoms with Crippen molar-refractivity contribution in [2.75, 3.05) is 36.5 Å². The molecule has 1 N–H and O–H groups in total. The van der Waals surface area contributed by atoms with E-state index in [2.05, 4.69) is 27.3 Å². The van der Waals surface area contributed by atoms with Gasteiger partial charge in [-0.05, 0) is 35.9 Å². The Kier molecular flexibility index (Phi) is 4.96. The monoisotopic (exact) mass is 328 g/mol. The van der Waals surface area contributed by atoms with Crippen molar-refractivity contribution in [2.45, 2.75) is 6.54 Å². The van der Waals surface area contributed by atoms with Crippen LogP contribution in [-0.4, -0.2) is 31.3 Å². The van der Waals surface area contributed by atoms with E-state index in [1.165, 1.54) is 0 Å². The van der Waals surface area contributed by atoms with Gasteiger partial charge < -0.3 is 15.0 Å². The van der Waals surface area contributed by atoms with Gasteiger partial charge in [0.1, 0.15) is 11.9 Å². The van der Waals surface area contributed by atoms with Gasteiger partial charge in [0.05, 0.1) is 24.5 Å². The van der Waals surface area contributed by atoms with Gasteiger partial charge in [0.25, 0.3) is 0 Å². The summed E-state index contributed by atoms with van der Waals surface area (Å²) in [4.78, 5) is 6.65. The number of nitrogens with one attached hydrogen (secondary N) is 1. The lowest BCUT2D eigenvalue weighted by molar-refractivity contribution is 0.122. The second-order valence-corrected chi connectivity index (χ2v) is 5.71. The molecule has 0 saturated carbocycles. The Bertz CT molecular complexity index is 723. The molecule has 118 valence electrons. The van der Waals surface area contributed by atoms with E-state index < -0.39 is 0 Å². The van der Waals surface area contributed by atoms with Gasteiger partial charge in [-0.3, -0.25) is 0 Å². The highest BCUT2D eigenvalue weighted by Crippen LogP contribution is 2.21. The van der Waals surface area contributed by atoms with Gasteiger partial charge in [0.15, 0.2) is 0 Å². The van der Waals surface area contributed by atoms with Crippen molar-refractivity contribution in [3.05, 3.63) is 52.7 Å². The Morgan fingerprint density at radius 1 is 1.26 bits per heavy atom. The summed E-state index contributed by atoms with van der Waals surface area (Å²) in [6.07, 6.45) is 1.81. The Morgan fingerprint density at radius 3 is 2.87 bits per heavy atom. The molecule has 2 heterocycles. The first kappa shape index (κ1) is 15.6. The number of hydrogen-bond donors (Lipinski definition) is 1. The summed E-state index contributed by atoms with van der Waals surface area (Å²) in [5.41, 5.74) is 2.43. The maximum absolute atomic E-state index is 9.18. The molecule has 0 unspecified atom stereocenters. The van der Waals surface area contributed by atoms with Gasteiger partial charge in [-0.2, -0.15) is 5.26 Å². The van der Waals surface area contributed by atoms with E-state index in [0.29, 0.717) is 17.1 Å². The van der Waals surface area contributed by atoms with Crippen LogP contribution >= 0.6 is 11.6 Å². The van der Waals surface area contributed by atoms with Crippen molar-refractivity contribution in [1.82, 2.24) is 4.98 Å². The molecule has 3 rings (SSSR count). The maximum atomic E-state index is 9.18. The number of rotatable bonds is 4. The highest BCUT2D eigenvalue weighted by Gasteiger charge is 2.12. The molecule has 6 heteroatoms. The average Bonchev–Trinajstić information content (AvgIpc) is 2.61. The van der Waals surface area contributed by atoms with Gasteiger partial charge in [-0.15, -0.1) is 0 Å². The second kappa shape index (κ2) is 7.32. The first-order chi connectivity index (χ1) is 11.3. The van der Waals surface area contributed by atoms with Crippen molar-refractivity contribution < 1.29 is 4.74 Å². The molecule has 0 bridgehead atoms. The molecule has 0 aliphatic carbocycles. The molecule has 2 aromatic rings. The molecule has 23 heavy (non-hydrogen) atoms. The van der Waals surface area contributed by atoms with Crippen LogP contribution in [0, 0.1) is 11.3 Å². The summed E-state index contributed by atoms with van der Waals surface area (Å²) < 4.78 is 5.37. The molecule has 5 nitrogen and oxygen atoms in total. The van der Waals surface area contributed by atoms with Crippen molar-refractivity contribution in [1.29, 1.82) is 5.26 Å². The standard InChI is InChI=1S/C17H17ClN4O/c18-15-1-2-16(14(10-15)11-19)21-12-13-3-4-20-17(9-13)22-5-7-23-8-6-22/h1-4,9-10,21H,5-8,12H2. The highest BCUT2D eigenvalue weighted by atomic mass is 35.5. The van der Waals surface area contributed by atoms with E-state index in [4.69, 9.17) is 16.3 Å². The van der Waals surface area contributed by atoms with Crippen molar-refractivity contribution in [3.63, 3.8) is 0 Å². The molecular weight excluding hydrogens is 312 g/mol. The molecule has 1 aliphatic heterocycles. The zero-order valence-corrected chi connectivity index (χ0v) is 13.4. The Hall–Kier alpha value is -2.29. The van der Waals surface area contributed by atoms with Gasteiger partial charge in [-0.1, -0.05) is 11.6 Å². The zero-order chi connectivity index (χ0) is 16.1. The Morgan fingerprint density at radius 2 is 2.09 bits per heavy atom. The molecule has 0 amide bonds. The van der Waals surface area contributed by atoms with Crippen LogP contribution in [0.15, 0.2) is 36.5 Å². The van der Waals surface area contributed by atoms with Crippen LogP contribution in [0.2, 0.25) is 5.02 Å². The predicted octanol–water partition coefficient (Wildman–Crippen LogP) is 3.06. The van der Waals surface area contributed by atoms with Crippen LogP contribution in [0.25, 0.3) is 0 Å². The van der Waals surface area contributed by atoms with Crippen molar-refractivity contribution in [2.24, 2.45) is 0 Å². The molecule has 0 radical (unpaired) electrons. The summed E-state index contributed by atoms with van der Waals surface area (Å²) >= 11 is 5.92. The highest BCUT2D eigenvalue weighted by molar-refractivity contribution is 6.30. The van der Waals surface area contributed by atoms with E-state index in [9.17, 15) is 5.26 Å². The van der Waals surface area contributed by atoms with E-state index in [0.717, 1.165) is 43.4 Å². The number of aromatic nitrogens is 1. The third kappa shape index (κ3) is 3.92. The molecule has 1 aliphatic rings. The number of anilines is 2. The number of morpholine rings is 1. The predicted molar refractivity (Wildman–Crippen MR) is 90.8 cm³/mol. The van der Waals surface area contributed by atoms with E-state index >= 15 is 0 Å². The molecular formula is C17H17ClN4O. The normalized spacial score (nSPS) is 14.3. The van der Waals surface area contributed by atoms with Crippen LogP contribution in [0.1, 0.15) is 11.1 Å². The minimum absolute atomic E-state index is 0.542. The Balaban J connectivity index is 1.70. The van der Waals surface area contributed by atoms with Crippen molar-refractivity contribution >= 4 is 23.1 Å². The minimum Gasteiger partial charge on any atom is -0.380 e. The van der Waals surface area contributed by atoms with Crippen LogP contribution in [-0.2, 0) is 11.3 Å². The van der Waals surface area contributed by atoms with E-state index in [1.54, 1.807) is 12.1 Å². The number of ether oxygens (including phenoxy) is 1. The minimum atomic E-state index is 0.542. The first-order valence-corrected chi connectivity index (χ1v) is 7.85. The largest absolute Gasteiger partial charge is 0.380 e. The quantitative estimate of drug-likeness (QED) is 0.934. The summed E-state index contributed by atoms with van der Waals surface area (Å²) in [7, 11) is 0. The fourth-order valence-electron chi connectivity index (χ4n) is 2.50. The molecule has 1 fully saturated rings. The van der Waals surface area contributed by atoms with E-state index in [-0.39, 0.29) is 0 Å². The zero-order valence-electron chi connectivity index (χ0n) is 12.6. The second-order valence-electron chi connectivity index (χ2n) is 5.28. The molecule has 1 aromatic heterocycles. The summed E-state index contributed by atoms with van der Waals surface area (Å²) in [5.74, 6) is 0.962. The molecule has 0 spiro atoms. The summed E-state index contributed by atoms with van der Waals surface area (Å²) in [6, 6.07) is 11.5. The van der Waals surface area contributed by atoms with Crippen LogP contribution in [0.3, 0.4) is 0 Å². The Labute approximate surface area is 140 Å². The number of pyridine rings is 1. The van der Waals surface area contributed by atoms with Gasteiger partial charge in [-0.25, -0.2) is 4.98 Å². The number of halogens is 1. The van der Waals surface area contributed by atoms with Crippen LogP contribution in [0.5, 0.6) is 0 Å². The number of benzene rings is 1. The van der Waals surface area contributed by atoms with E-state index in [1.807, 2.05) is 18.3 Å². The summed E-state index contributed by atoms with van der Waals surface area (Å²) in [5, 5.41) is 13.0.